The smallest absolute Gasteiger partial charge is 0.285 e. The van der Waals surface area contributed by atoms with Crippen LogP contribution in [-0.4, -0.2) is 41.4 Å². The minimum Gasteiger partial charge on any atom is -0.333 e. The fraction of sp³-hybridized carbons (Fsp3) is 0.417. The number of hydrogen-bond donors (Lipinski definition) is 1. The molecule has 7 heteroatoms. The first-order valence-corrected chi connectivity index (χ1v) is 5.96. The maximum Gasteiger partial charge on any atom is 0.285 e. The lowest BCUT2D eigenvalue weighted by atomic mass is 10.1. The summed E-state index contributed by atoms with van der Waals surface area (Å²) in [6.45, 7) is 3.62. The van der Waals surface area contributed by atoms with Crippen LogP contribution in [0, 0.1) is 15.9 Å². The van der Waals surface area contributed by atoms with Crippen LogP contribution in [0.25, 0.3) is 0 Å². The van der Waals surface area contributed by atoms with Gasteiger partial charge in [-0.05, 0) is 19.1 Å². The van der Waals surface area contributed by atoms with E-state index in [0.717, 1.165) is 12.1 Å². The Labute approximate surface area is 109 Å². The molecule has 102 valence electrons. The standard InChI is InChI=1S/C12H14FN3O3/c1-8-7-14-4-5-15(8)12(17)10-3-2-9(13)6-11(10)16(18)19/h2-3,6,8,14H,4-5,7H2,1H3. The van der Waals surface area contributed by atoms with E-state index >= 15 is 0 Å². The van der Waals surface area contributed by atoms with Crippen molar-refractivity contribution in [2.45, 2.75) is 13.0 Å². The molecule has 6 nitrogen and oxygen atoms in total. The van der Waals surface area contributed by atoms with Crippen LogP contribution in [0.15, 0.2) is 18.2 Å². The van der Waals surface area contributed by atoms with Gasteiger partial charge in [0.15, 0.2) is 0 Å². The molecule has 0 bridgehead atoms. The van der Waals surface area contributed by atoms with E-state index in [4.69, 9.17) is 0 Å². The van der Waals surface area contributed by atoms with Gasteiger partial charge in [0, 0.05) is 25.7 Å². The SMILES string of the molecule is CC1CNCCN1C(=O)c1ccc(F)cc1[N+](=O)[O-]. The molecule has 1 aliphatic rings. The van der Waals surface area contributed by atoms with Crippen LogP contribution in [0.1, 0.15) is 17.3 Å². The minimum absolute atomic E-state index is 0.0501. The molecule has 1 aromatic carbocycles. The topological polar surface area (TPSA) is 75.5 Å². The van der Waals surface area contributed by atoms with Gasteiger partial charge in [-0.3, -0.25) is 14.9 Å². The van der Waals surface area contributed by atoms with Gasteiger partial charge in [-0.25, -0.2) is 4.39 Å². The van der Waals surface area contributed by atoms with E-state index in [1.165, 1.54) is 6.07 Å². The number of nitro groups is 1. The van der Waals surface area contributed by atoms with E-state index in [9.17, 15) is 19.3 Å². The number of carbonyl (C=O) groups is 1. The molecule has 1 amide bonds. The number of halogens is 1. The lowest BCUT2D eigenvalue weighted by Gasteiger charge is -2.33. The van der Waals surface area contributed by atoms with E-state index < -0.39 is 22.3 Å². The van der Waals surface area contributed by atoms with Crippen molar-refractivity contribution in [3.05, 3.63) is 39.7 Å². The van der Waals surface area contributed by atoms with E-state index in [1.807, 2.05) is 6.92 Å². The zero-order valence-corrected chi connectivity index (χ0v) is 10.4. The van der Waals surface area contributed by atoms with Crippen molar-refractivity contribution in [2.75, 3.05) is 19.6 Å². The molecule has 1 atom stereocenters. The Hall–Kier alpha value is -2.02. The lowest BCUT2D eigenvalue weighted by Crippen LogP contribution is -2.52. The van der Waals surface area contributed by atoms with Crippen molar-refractivity contribution >= 4 is 11.6 Å². The first-order chi connectivity index (χ1) is 9.00. The van der Waals surface area contributed by atoms with Gasteiger partial charge in [0.25, 0.3) is 11.6 Å². The number of rotatable bonds is 2. The van der Waals surface area contributed by atoms with Crippen molar-refractivity contribution < 1.29 is 14.1 Å². The third-order valence-corrected chi connectivity index (χ3v) is 3.15. The summed E-state index contributed by atoms with van der Waals surface area (Å²) in [6.07, 6.45) is 0. The van der Waals surface area contributed by atoms with E-state index in [2.05, 4.69) is 5.32 Å². The van der Waals surface area contributed by atoms with Crippen LogP contribution >= 0.6 is 0 Å². The number of carbonyl (C=O) groups excluding carboxylic acids is 1. The molecule has 0 saturated carbocycles. The van der Waals surface area contributed by atoms with Crippen LogP contribution in [0.4, 0.5) is 10.1 Å². The third-order valence-electron chi connectivity index (χ3n) is 3.15. The Kier molecular flexibility index (Phi) is 3.75. The Morgan fingerprint density at radius 3 is 2.95 bits per heavy atom. The van der Waals surface area contributed by atoms with E-state index in [1.54, 1.807) is 4.90 Å². The molecule has 1 N–H and O–H groups in total. The highest BCUT2D eigenvalue weighted by Gasteiger charge is 2.29. The number of nitrogens with zero attached hydrogens (tertiary/aromatic N) is 2. The molecular weight excluding hydrogens is 253 g/mol. The summed E-state index contributed by atoms with van der Waals surface area (Å²) in [6, 6.07) is 2.96. The van der Waals surface area contributed by atoms with Crippen molar-refractivity contribution in [1.82, 2.24) is 10.2 Å². The molecule has 1 unspecified atom stereocenters. The largest absolute Gasteiger partial charge is 0.333 e. The second kappa shape index (κ2) is 5.31. The minimum atomic E-state index is -0.733. The average Bonchev–Trinajstić information content (AvgIpc) is 2.38. The average molecular weight is 267 g/mol. The van der Waals surface area contributed by atoms with Crippen LogP contribution < -0.4 is 5.32 Å². The molecule has 0 radical (unpaired) electrons. The number of benzene rings is 1. The second-order valence-electron chi connectivity index (χ2n) is 4.47. The zero-order chi connectivity index (χ0) is 14.0. The second-order valence-corrected chi connectivity index (χ2v) is 4.47. The van der Waals surface area contributed by atoms with Gasteiger partial charge in [-0.15, -0.1) is 0 Å². The molecule has 0 spiro atoms. The van der Waals surface area contributed by atoms with Crippen LogP contribution in [0.3, 0.4) is 0 Å². The molecule has 1 aliphatic heterocycles. The Bertz CT molecular complexity index is 521. The maximum atomic E-state index is 13.1. The summed E-state index contributed by atoms with van der Waals surface area (Å²) in [5.74, 6) is -1.16. The van der Waals surface area contributed by atoms with Crippen molar-refractivity contribution in [3.8, 4) is 0 Å². The lowest BCUT2D eigenvalue weighted by molar-refractivity contribution is -0.385. The molecule has 2 rings (SSSR count). The number of hydrogen-bond acceptors (Lipinski definition) is 4. The predicted molar refractivity (Wildman–Crippen MR) is 66.4 cm³/mol. The summed E-state index contributed by atoms with van der Waals surface area (Å²) < 4.78 is 13.1. The van der Waals surface area contributed by atoms with Gasteiger partial charge in [0.05, 0.1) is 11.0 Å². The molecule has 1 heterocycles. The highest BCUT2D eigenvalue weighted by atomic mass is 19.1. The third kappa shape index (κ3) is 2.70. The highest BCUT2D eigenvalue weighted by Crippen LogP contribution is 2.22. The molecule has 19 heavy (non-hydrogen) atoms. The van der Waals surface area contributed by atoms with Gasteiger partial charge >= 0.3 is 0 Å². The fourth-order valence-electron chi connectivity index (χ4n) is 2.13. The van der Waals surface area contributed by atoms with Crippen molar-refractivity contribution in [3.63, 3.8) is 0 Å². The summed E-state index contributed by atoms with van der Waals surface area (Å²) in [4.78, 5) is 24.0. The van der Waals surface area contributed by atoms with Gasteiger partial charge in [-0.1, -0.05) is 0 Å². The normalized spacial score (nSPS) is 19.3. The summed E-state index contributed by atoms with van der Waals surface area (Å²) in [5.41, 5.74) is -0.559. The highest BCUT2D eigenvalue weighted by molar-refractivity contribution is 5.98. The van der Waals surface area contributed by atoms with Gasteiger partial charge in [-0.2, -0.15) is 0 Å². The van der Waals surface area contributed by atoms with Gasteiger partial charge in [0.1, 0.15) is 11.4 Å². The quantitative estimate of drug-likeness (QED) is 0.644. The molecule has 0 aliphatic carbocycles. The summed E-state index contributed by atoms with van der Waals surface area (Å²) in [5, 5.41) is 14.0. The van der Waals surface area contributed by atoms with E-state index in [-0.39, 0.29) is 11.6 Å². The van der Waals surface area contributed by atoms with E-state index in [0.29, 0.717) is 19.6 Å². The maximum absolute atomic E-state index is 13.1. The molecule has 1 fully saturated rings. The molecule has 1 aromatic rings. The molecular formula is C12H14FN3O3. The number of nitrogens with one attached hydrogen (secondary N) is 1. The van der Waals surface area contributed by atoms with Crippen molar-refractivity contribution in [2.24, 2.45) is 0 Å². The molecule has 1 saturated heterocycles. The van der Waals surface area contributed by atoms with Gasteiger partial charge < -0.3 is 10.2 Å². The Morgan fingerprint density at radius 2 is 2.32 bits per heavy atom. The van der Waals surface area contributed by atoms with Crippen LogP contribution in [0.2, 0.25) is 0 Å². The van der Waals surface area contributed by atoms with Crippen LogP contribution in [0.5, 0.6) is 0 Å². The number of amides is 1. The number of piperazine rings is 1. The Morgan fingerprint density at radius 1 is 1.58 bits per heavy atom. The summed E-state index contributed by atoms with van der Waals surface area (Å²) >= 11 is 0. The van der Waals surface area contributed by atoms with Gasteiger partial charge in [0.2, 0.25) is 0 Å². The first-order valence-electron chi connectivity index (χ1n) is 5.96. The predicted octanol–water partition coefficient (Wildman–Crippen LogP) is 1.17. The Balaban J connectivity index is 2.35. The fourth-order valence-corrected chi connectivity index (χ4v) is 2.13. The first kappa shape index (κ1) is 13.4. The molecule has 0 aromatic heterocycles. The van der Waals surface area contributed by atoms with Crippen molar-refractivity contribution in [1.29, 1.82) is 0 Å². The monoisotopic (exact) mass is 267 g/mol. The zero-order valence-electron chi connectivity index (χ0n) is 10.4. The number of nitro benzene ring substituents is 1. The van der Waals surface area contributed by atoms with Crippen LogP contribution in [-0.2, 0) is 0 Å². The summed E-state index contributed by atoms with van der Waals surface area (Å²) in [7, 11) is 0.